The molecule has 2 atom stereocenters. The van der Waals surface area contributed by atoms with Crippen molar-refractivity contribution in [3.8, 4) is 5.75 Å². The topological polar surface area (TPSA) is 55.8 Å². The first kappa shape index (κ1) is 23.1. The quantitative estimate of drug-likeness (QED) is 0.481. The van der Waals surface area contributed by atoms with Crippen LogP contribution in [0.15, 0.2) is 42.5 Å². The smallest absolute Gasteiger partial charge is 0.376 e. The predicted molar refractivity (Wildman–Crippen MR) is 114 cm³/mol. The first-order valence-electron chi connectivity index (χ1n) is 10.6. The number of fused-ring (bicyclic) bond motifs is 2. The van der Waals surface area contributed by atoms with Gasteiger partial charge in [-0.05, 0) is 67.5 Å². The maximum Gasteiger partial charge on any atom is 0.534 e. The van der Waals surface area contributed by atoms with E-state index < -0.39 is 21.2 Å². The highest BCUT2D eigenvalue weighted by Gasteiger charge is 2.49. The number of hydrogen-bond acceptors (Lipinski definition) is 5. The zero-order chi connectivity index (χ0) is 23.1. The van der Waals surface area contributed by atoms with Crippen molar-refractivity contribution in [3.63, 3.8) is 0 Å². The summed E-state index contributed by atoms with van der Waals surface area (Å²) in [6.07, 6.45) is 1.98. The van der Waals surface area contributed by atoms with Crippen molar-refractivity contribution in [2.24, 2.45) is 0 Å². The number of nitrogens with zero attached hydrogens (tertiary/aromatic N) is 1. The predicted octanol–water partition coefficient (Wildman–Crippen LogP) is 4.68. The maximum atomic E-state index is 12.8. The van der Waals surface area contributed by atoms with Crippen molar-refractivity contribution in [3.05, 3.63) is 64.7 Å². The van der Waals surface area contributed by atoms with Gasteiger partial charge in [-0.2, -0.15) is 21.6 Å². The third-order valence-electron chi connectivity index (χ3n) is 6.40. The first-order chi connectivity index (χ1) is 15.0. The number of hydrogen-bond donors (Lipinski definition) is 0. The molecule has 32 heavy (non-hydrogen) atoms. The van der Waals surface area contributed by atoms with E-state index in [1.807, 2.05) is 18.2 Å². The molecule has 2 aromatic carbocycles. The van der Waals surface area contributed by atoms with Crippen molar-refractivity contribution >= 4 is 10.1 Å². The molecule has 0 bridgehead atoms. The molecule has 2 aliphatic rings. The second kappa shape index (κ2) is 8.35. The van der Waals surface area contributed by atoms with Gasteiger partial charge in [0.2, 0.25) is 0 Å². The Morgan fingerprint density at radius 2 is 1.94 bits per heavy atom. The van der Waals surface area contributed by atoms with E-state index in [9.17, 15) is 21.6 Å². The van der Waals surface area contributed by atoms with Crippen LogP contribution in [0, 0.1) is 6.92 Å². The highest BCUT2D eigenvalue weighted by Crippen LogP contribution is 2.45. The molecule has 1 spiro atoms. The lowest BCUT2D eigenvalue weighted by Gasteiger charge is -2.48. The molecule has 1 saturated heterocycles. The molecule has 9 heteroatoms. The number of piperidine rings is 1. The summed E-state index contributed by atoms with van der Waals surface area (Å²) in [6, 6.07) is 13.6. The van der Waals surface area contributed by atoms with Crippen molar-refractivity contribution in [1.82, 2.24) is 4.90 Å². The van der Waals surface area contributed by atoms with Gasteiger partial charge in [-0.1, -0.05) is 30.3 Å². The van der Waals surface area contributed by atoms with Crippen LogP contribution >= 0.6 is 0 Å². The van der Waals surface area contributed by atoms with E-state index in [2.05, 4.69) is 28.1 Å². The minimum atomic E-state index is -5.72. The van der Waals surface area contributed by atoms with E-state index in [0.717, 1.165) is 37.1 Å². The molecule has 2 unspecified atom stereocenters. The zero-order valence-electron chi connectivity index (χ0n) is 18.0. The Balaban J connectivity index is 1.58. The van der Waals surface area contributed by atoms with Gasteiger partial charge in [-0.15, -0.1) is 0 Å². The van der Waals surface area contributed by atoms with Crippen LogP contribution in [-0.4, -0.2) is 38.0 Å². The highest BCUT2D eigenvalue weighted by molar-refractivity contribution is 7.88. The molecule has 1 fully saturated rings. The van der Waals surface area contributed by atoms with Gasteiger partial charge >= 0.3 is 15.6 Å². The molecular weight excluding hydrogens is 443 g/mol. The summed E-state index contributed by atoms with van der Waals surface area (Å²) in [4.78, 5) is 2.40. The fourth-order valence-corrected chi connectivity index (χ4v) is 5.24. The average molecular weight is 470 g/mol. The Bertz CT molecular complexity index is 1090. The fourth-order valence-electron chi connectivity index (χ4n) is 4.73. The van der Waals surface area contributed by atoms with E-state index in [0.29, 0.717) is 18.6 Å². The summed E-state index contributed by atoms with van der Waals surface area (Å²) < 4.78 is 72.0. The lowest BCUT2D eigenvalue weighted by Crippen LogP contribution is -2.50. The maximum absolute atomic E-state index is 12.8. The second-order valence-electron chi connectivity index (χ2n) is 8.61. The first-order valence-corrected chi connectivity index (χ1v) is 12.0. The van der Waals surface area contributed by atoms with Crippen LogP contribution in [-0.2, 0) is 33.4 Å². The van der Waals surface area contributed by atoms with Gasteiger partial charge in [0.15, 0.2) is 0 Å². The van der Waals surface area contributed by atoms with Crippen molar-refractivity contribution < 1.29 is 30.5 Å². The fraction of sp³-hybridized carbons (Fsp3) is 0.478. The lowest BCUT2D eigenvalue weighted by atomic mass is 9.76. The normalized spacial score (nSPS) is 24.3. The van der Waals surface area contributed by atoms with Gasteiger partial charge in [0.05, 0.1) is 12.2 Å². The molecule has 0 amide bonds. The van der Waals surface area contributed by atoms with Crippen LogP contribution in [0.3, 0.4) is 0 Å². The minimum absolute atomic E-state index is 0.233. The SMILES string of the molecule is Cc1cc2c(cc1OS(=O)(=O)C(F)(F)F)CCOC21CCN(Cc2ccccc2)C(C)C1. The average Bonchev–Trinajstić information content (AvgIpc) is 2.71. The largest absolute Gasteiger partial charge is 0.534 e. The van der Waals surface area contributed by atoms with Gasteiger partial charge in [0, 0.05) is 19.1 Å². The van der Waals surface area contributed by atoms with E-state index in [1.54, 1.807) is 13.0 Å². The Hall–Kier alpha value is -2.10. The zero-order valence-corrected chi connectivity index (χ0v) is 18.8. The summed E-state index contributed by atoms with van der Waals surface area (Å²) in [5.41, 5.74) is -2.74. The van der Waals surface area contributed by atoms with Gasteiger partial charge in [-0.25, -0.2) is 0 Å². The number of alkyl halides is 3. The van der Waals surface area contributed by atoms with E-state index in [-0.39, 0.29) is 11.8 Å². The molecule has 0 aliphatic carbocycles. The molecule has 0 radical (unpaired) electrons. The Morgan fingerprint density at radius 3 is 2.59 bits per heavy atom. The van der Waals surface area contributed by atoms with E-state index in [4.69, 9.17) is 4.74 Å². The molecule has 5 nitrogen and oxygen atoms in total. The third kappa shape index (κ3) is 4.38. The van der Waals surface area contributed by atoms with Gasteiger partial charge in [-0.3, -0.25) is 4.90 Å². The second-order valence-corrected chi connectivity index (χ2v) is 10.1. The molecule has 2 heterocycles. The molecular formula is C23H26F3NO4S. The highest BCUT2D eigenvalue weighted by atomic mass is 32.2. The summed E-state index contributed by atoms with van der Waals surface area (Å²) in [6.45, 7) is 5.79. The van der Waals surface area contributed by atoms with Crippen LogP contribution in [0.2, 0.25) is 0 Å². The number of benzene rings is 2. The molecule has 2 aromatic rings. The Kier molecular flexibility index (Phi) is 6.02. The van der Waals surface area contributed by atoms with Gasteiger partial charge < -0.3 is 8.92 Å². The molecule has 0 saturated carbocycles. The van der Waals surface area contributed by atoms with Gasteiger partial charge in [0.25, 0.3) is 0 Å². The van der Waals surface area contributed by atoms with Crippen molar-refractivity contribution in [2.45, 2.75) is 56.8 Å². The van der Waals surface area contributed by atoms with E-state index >= 15 is 0 Å². The number of likely N-dealkylation sites (tertiary alicyclic amines) is 1. The molecule has 174 valence electrons. The number of ether oxygens (including phenoxy) is 1. The lowest BCUT2D eigenvalue weighted by molar-refractivity contribution is -0.113. The number of rotatable bonds is 4. The third-order valence-corrected chi connectivity index (χ3v) is 7.37. The van der Waals surface area contributed by atoms with Crippen LogP contribution in [0.25, 0.3) is 0 Å². The summed E-state index contributed by atoms with van der Waals surface area (Å²) in [5, 5.41) is 0. The molecule has 0 N–H and O–H groups in total. The number of aryl methyl sites for hydroxylation is 1. The van der Waals surface area contributed by atoms with E-state index in [1.165, 1.54) is 11.6 Å². The van der Waals surface area contributed by atoms with Crippen LogP contribution in [0.1, 0.15) is 42.0 Å². The number of halogens is 3. The van der Waals surface area contributed by atoms with Crippen molar-refractivity contribution in [1.29, 1.82) is 0 Å². The molecule has 4 rings (SSSR count). The Labute approximate surface area is 186 Å². The molecule has 2 aliphatic heterocycles. The van der Waals surface area contributed by atoms with Crippen LogP contribution < -0.4 is 4.18 Å². The van der Waals surface area contributed by atoms with Crippen molar-refractivity contribution in [2.75, 3.05) is 13.2 Å². The van der Waals surface area contributed by atoms with Gasteiger partial charge in [0.1, 0.15) is 5.75 Å². The summed E-state index contributed by atoms with van der Waals surface area (Å²) in [7, 11) is -5.72. The summed E-state index contributed by atoms with van der Waals surface area (Å²) in [5.74, 6) is -0.285. The Morgan fingerprint density at radius 1 is 1.22 bits per heavy atom. The van der Waals surface area contributed by atoms with Crippen LogP contribution in [0.4, 0.5) is 13.2 Å². The minimum Gasteiger partial charge on any atom is -0.376 e. The van der Waals surface area contributed by atoms with Crippen LogP contribution in [0.5, 0.6) is 5.75 Å². The standard InChI is InChI=1S/C23H26F3NO4S/c1-16-12-20-19(13-21(16)31-32(28,29)23(24,25)26)8-11-30-22(20)9-10-27(17(2)14-22)15-18-6-4-3-5-7-18/h3-7,12-13,17H,8-11,14-15H2,1-2H3. The summed E-state index contributed by atoms with van der Waals surface area (Å²) >= 11 is 0. The molecule has 0 aromatic heterocycles. The monoisotopic (exact) mass is 469 g/mol.